The van der Waals surface area contributed by atoms with E-state index in [1.807, 2.05) is 0 Å². The van der Waals surface area contributed by atoms with Crippen molar-refractivity contribution in [1.29, 1.82) is 0 Å². The number of nitrogens with zero attached hydrogens (tertiary/aromatic N) is 1. The van der Waals surface area contributed by atoms with Crippen LogP contribution in [0.1, 0.15) is 52.9 Å². The minimum atomic E-state index is 0.0135. The molecule has 0 aromatic rings. The maximum absolute atomic E-state index is 5.70. The molecule has 0 aliphatic carbocycles. The summed E-state index contributed by atoms with van der Waals surface area (Å²) in [6.07, 6.45) is 6.20. The topological polar surface area (TPSA) is 29.3 Å². The molecule has 0 aromatic heterocycles. The molecule has 0 saturated carbocycles. The van der Waals surface area contributed by atoms with Crippen LogP contribution in [0.2, 0.25) is 0 Å². The van der Waals surface area contributed by atoms with Crippen LogP contribution in [0.4, 0.5) is 0 Å². The van der Waals surface area contributed by atoms with Gasteiger partial charge in [0.15, 0.2) is 0 Å². The third-order valence-electron chi connectivity index (χ3n) is 3.15. The molecule has 0 saturated heterocycles. The van der Waals surface area contributed by atoms with Gasteiger partial charge in [-0.3, -0.25) is 0 Å². The highest BCUT2D eigenvalue weighted by Gasteiger charge is 2.20. The van der Waals surface area contributed by atoms with E-state index in [0.29, 0.717) is 4.99 Å². The first-order chi connectivity index (χ1) is 7.40. The van der Waals surface area contributed by atoms with Crippen molar-refractivity contribution in [2.24, 2.45) is 11.1 Å². The molecule has 0 radical (unpaired) electrons. The minimum Gasteiger partial charge on any atom is -0.393 e. The second-order valence-electron chi connectivity index (χ2n) is 5.36. The van der Waals surface area contributed by atoms with Gasteiger partial charge in [-0.15, -0.1) is 0 Å². The maximum atomic E-state index is 5.70. The van der Waals surface area contributed by atoms with Crippen molar-refractivity contribution in [1.82, 2.24) is 4.90 Å². The lowest BCUT2D eigenvalue weighted by Gasteiger charge is -2.24. The number of hydrogen-bond donors (Lipinski definition) is 1. The molecule has 0 fully saturated rings. The van der Waals surface area contributed by atoms with Gasteiger partial charge in [0.2, 0.25) is 0 Å². The van der Waals surface area contributed by atoms with Crippen LogP contribution in [-0.4, -0.2) is 30.0 Å². The monoisotopic (exact) mass is 244 g/mol. The van der Waals surface area contributed by atoms with Crippen LogP contribution in [0, 0.1) is 5.41 Å². The van der Waals surface area contributed by atoms with Crippen LogP contribution >= 0.6 is 12.2 Å². The zero-order chi connectivity index (χ0) is 12.6. The summed E-state index contributed by atoms with van der Waals surface area (Å²) >= 11 is 5.06. The van der Waals surface area contributed by atoms with Gasteiger partial charge in [0.25, 0.3) is 0 Å². The normalized spacial score (nSPS) is 12.1. The third-order valence-corrected chi connectivity index (χ3v) is 3.70. The van der Waals surface area contributed by atoms with Gasteiger partial charge in [0.05, 0.1) is 4.99 Å². The molecule has 2 nitrogen and oxygen atoms in total. The lowest BCUT2D eigenvalue weighted by atomic mass is 9.88. The van der Waals surface area contributed by atoms with Gasteiger partial charge in [-0.1, -0.05) is 45.8 Å². The number of hydrogen-bond acceptors (Lipinski definition) is 2. The van der Waals surface area contributed by atoms with Gasteiger partial charge in [-0.05, 0) is 39.4 Å². The Labute approximate surface area is 107 Å². The Morgan fingerprint density at radius 3 is 2.25 bits per heavy atom. The maximum Gasteiger partial charge on any atom is 0.0784 e. The predicted octanol–water partition coefficient (Wildman–Crippen LogP) is 3.20. The van der Waals surface area contributed by atoms with Gasteiger partial charge < -0.3 is 10.6 Å². The first kappa shape index (κ1) is 15.9. The summed E-state index contributed by atoms with van der Waals surface area (Å²) in [5.41, 5.74) is 5.72. The molecule has 2 N–H and O–H groups in total. The van der Waals surface area contributed by atoms with Gasteiger partial charge in [-0.2, -0.15) is 0 Å². The largest absolute Gasteiger partial charge is 0.393 e. The van der Waals surface area contributed by atoms with E-state index in [0.717, 1.165) is 13.0 Å². The van der Waals surface area contributed by atoms with Crippen molar-refractivity contribution in [3.05, 3.63) is 0 Å². The first-order valence-corrected chi connectivity index (χ1v) is 6.79. The summed E-state index contributed by atoms with van der Waals surface area (Å²) in [5, 5.41) is 0. The Balaban J connectivity index is 3.61. The number of nitrogens with two attached hydrogens (primary N) is 1. The Kier molecular flexibility index (Phi) is 7.94. The van der Waals surface area contributed by atoms with Crippen molar-refractivity contribution < 1.29 is 0 Å². The fourth-order valence-corrected chi connectivity index (χ4v) is 1.76. The molecule has 0 heterocycles. The van der Waals surface area contributed by atoms with Crippen molar-refractivity contribution in [3.63, 3.8) is 0 Å². The fraction of sp³-hybridized carbons (Fsp3) is 0.923. The lowest BCUT2D eigenvalue weighted by molar-refractivity contribution is 0.301. The van der Waals surface area contributed by atoms with E-state index in [1.165, 1.54) is 32.2 Å². The first-order valence-electron chi connectivity index (χ1n) is 6.38. The van der Waals surface area contributed by atoms with E-state index in [4.69, 9.17) is 18.0 Å². The number of thiocarbonyl (C=S) groups is 1. The highest BCUT2D eigenvalue weighted by Crippen LogP contribution is 2.22. The molecular formula is C13H28N2S. The van der Waals surface area contributed by atoms with Crippen LogP contribution in [0.3, 0.4) is 0 Å². The Bertz CT molecular complexity index is 202. The van der Waals surface area contributed by atoms with Gasteiger partial charge in [0, 0.05) is 5.41 Å². The van der Waals surface area contributed by atoms with Crippen LogP contribution in [0.5, 0.6) is 0 Å². The van der Waals surface area contributed by atoms with Crippen molar-refractivity contribution in [2.45, 2.75) is 52.9 Å². The summed E-state index contributed by atoms with van der Waals surface area (Å²) < 4.78 is 0. The SMILES string of the molecule is CCCCCN(C)CCCC(C)(C)C(N)=S. The second-order valence-corrected chi connectivity index (χ2v) is 5.80. The highest BCUT2D eigenvalue weighted by atomic mass is 32.1. The minimum absolute atomic E-state index is 0.0135. The van der Waals surface area contributed by atoms with Gasteiger partial charge >= 0.3 is 0 Å². The zero-order valence-electron chi connectivity index (χ0n) is 11.4. The lowest BCUT2D eigenvalue weighted by Crippen LogP contribution is -2.31. The van der Waals surface area contributed by atoms with Crippen molar-refractivity contribution in [3.8, 4) is 0 Å². The number of unbranched alkanes of at least 4 members (excludes halogenated alkanes) is 2. The summed E-state index contributed by atoms with van der Waals surface area (Å²) in [7, 11) is 2.20. The van der Waals surface area contributed by atoms with Crippen LogP contribution < -0.4 is 5.73 Å². The van der Waals surface area contributed by atoms with E-state index in [1.54, 1.807) is 0 Å². The number of rotatable bonds is 9. The predicted molar refractivity (Wildman–Crippen MR) is 76.8 cm³/mol. The van der Waals surface area contributed by atoms with Gasteiger partial charge in [-0.25, -0.2) is 0 Å². The molecule has 0 bridgehead atoms. The van der Waals surface area contributed by atoms with Gasteiger partial charge in [0.1, 0.15) is 0 Å². The van der Waals surface area contributed by atoms with E-state index in [-0.39, 0.29) is 5.41 Å². The molecule has 0 unspecified atom stereocenters. The average molecular weight is 244 g/mol. The molecule has 3 heteroatoms. The molecule has 0 rings (SSSR count). The molecule has 0 atom stereocenters. The highest BCUT2D eigenvalue weighted by molar-refractivity contribution is 7.80. The molecule has 0 amide bonds. The summed E-state index contributed by atoms with van der Waals surface area (Å²) in [4.78, 5) is 3.05. The van der Waals surface area contributed by atoms with E-state index < -0.39 is 0 Å². The van der Waals surface area contributed by atoms with E-state index in [9.17, 15) is 0 Å². The van der Waals surface area contributed by atoms with E-state index in [2.05, 4.69) is 32.7 Å². The van der Waals surface area contributed by atoms with Crippen LogP contribution in [-0.2, 0) is 0 Å². The smallest absolute Gasteiger partial charge is 0.0784 e. The molecule has 96 valence electrons. The summed E-state index contributed by atoms with van der Waals surface area (Å²) in [6, 6.07) is 0. The molecule has 16 heavy (non-hydrogen) atoms. The quantitative estimate of drug-likeness (QED) is 0.499. The molecule has 0 aliphatic rings. The second kappa shape index (κ2) is 8.02. The van der Waals surface area contributed by atoms with Crippen molar-refractivity contribution >= 4 is 17.2 Å². The Morgan fingerprint density at radius 2 is 1.75 bits per heavy atom. The molecule has 0 spiro atoms. The summed E-state index contributed by atoms with van der Waals surface area (Å²) in [6.45, 7) is 8.86. The standard InChI is InChI=1S/C13H28N2S/c1-5-6-7-10-15(4)11-8-9-13(2,3)12(14)16/h5-11H2,1-4H3,(H2,14,16). The van der Waals surface area contributed by atoms with E-state index >= 15 is 0 Å². The fourth-order valence-electron chi connectivity index (χ4n) is 1.66. The Morgan fingerprint density at radius 1 is 1.19 bits per heavy atom. The zero-order valence-corrected chi connectivity index (χ0v) is 12.2. The summed E-state index contributed by atoms with van der Waals surface area (Å²) in [5.74, 6) is 0. The third kappa shape index (κ3) is 7.18. The Hall–Kier alpha value is -0.150. The van der Waals surface area contributed by atoms with Crippen LogP contribution in [0.25, 0.3) is 0 Å². The molecule has 0 aliphatic heterocycles. The molecule has 0 aromatic carbocycles. The van der Waals surface area contributed by atoms with Crippen LogP contribution in [0.15, 0.2) is 0 Å². The van der Waals surface area contributed by atoms with Crippen molar-refractivity contribution in [2.75, 3.05) is 20.1 Å². The average Bonchev–Trinajstić information content (AvgIpc) is 2.17. The molecular weight excluding hydrogens is 216 g/mol.